The molecule has 1 rings (SSSR count). The molecule has 0 aliphatic carbocycles. The van der Waals surface area contributed by atoms with Gasteiger partial charge in [0, 0.05) is 38.8 Å². The second-order valence-corrected chi connectivity index (χ2v) is 5.31. The quantitative estimate of drug-likeness (QED) is 0.610. The maximum absolute atomic E-state index is 13.7. The fourth-order valence-electron chi connectivity index (χ4n) is 1.74. The number of methoxy groups -OCH3 is 1. The molecule has 0 radical (unpaired) electrons. The molecule has 1 atom stereocenters. The van der Waals surface area contributed by atoms with Crippen LogP contribution in [0.5, 0.6) is 5.75 Å². The molecule has 21 heavy (non-hydrogen) atoms. The van der Waals surface area contributed by atoms with Crippen LogP contribution >= 0.6 is 0 Å². The fourth-order valence-corrected chi connectivity index (χ4v) is 1.74. The highest BCUT2D eigenvalue weighted by molar-refractivity contribution is 5.68. The van der Waals surface area contributed by atoms with Gasteiger partial charge < -0.3 is 25.6 Å². The molecule has 5 nitrogen and oxygen atoms in total. The standard InChI is InChI=1S/C15H25FN2O3/c1-4-6-21-14-9-13(12(17)8-11(14)16)18-10-15(2,19)5-7-20-3/h8-9,18-19H,4-7,10,17H2,1-3H3. The molecule has 6 heteroatoms. The molecule has 0 saturated carbocycles. The van der Waals surface area contributed by atoms with E-state index in [2.05, 4.69) is 5.32 Å². The zero-order valence-corrected chi connectivity index (χ0v) is 12.9. The van der Waals surface area contributed by atoms with E-state index in [0.29, 0.717) is 25.3 Å². The molecule has 0 aliphatic rings. The Morgan fingerprint density at radius 3 is 2.71 bits per heavy atom. The molecule has 1 aromatic carbocycles. The van der Waals surface area contributed by atoms with E-state index >= 15 is 0 Å². The molecule has 0 aliphatic heterocycles. The van der Waals surface area contributed by atoms with Crippen molar-refractivity contribution in [2.45, 2.75) is 32.3 Å². The van der Waals surface area contributed by atoms with Gasteiger partial charge in [0.2, 0.25) is 0 Å². The monoisotopic (exact) mass is 300 g/mol. The Kier molecular flexibility index (Phi) is 6.71. The Bertz CT molecular complexity index is 453. The van der Waals surface area contributed by atoms with Crippen LogP contribution in [0.2, 0.25) is 0 Å². The number of nitrogens with one attached hydrogen (secondary N) is 1. The molecule has 0 aromatic heterocycles. The number of anilines is 2. The van der Waals surface area contributed by atoms with Crippen molar-refractivity contribution in [3.63, 3.8) is 0 Å². The lowest BCUT2D eigenvalue weighted by molar-refractivity contribution is 0.0357. The van der Waals surface area contributed by atoms with Gasteiger partial charge in [0.15, 0.2) is 11.6 Å². The van der Waals surface area contributed by atoms with Crippen LogP contribution in [0.15, 0.2) is 12.1 Å². The first-order chi connectivity index (χ1) is 9.89. The smallest absolute Gasteiger partial charge is 0.167 e. The van der Waals surface area contributed by atoms with Crippen molar-refractivity contribution in [1.82, 2.24) is 0 Å². The summed E-state index contributed by atoms with van der Waals surface area (Å²) in [7, 11) is 1.58. The van der Waals surface area contributed by atoms with Gasteiger partial charge >= 0.3 is 0 Å². The third-order valence-corrected chi connectivity index (χ3v) is 3.07. The summed E-state index contributed by atoms with van der Waals surface area (Å²) in [6.45, 7) is 4.82. The van der Waals surface area contributed by atoms with Gasteiger partial charge in [-0.05, 0) is 13.3 Å². The summed E-state index contributed by atoms with van der Waals surface area (Å²) in [5.74, 6) is -0.331. The first kappa shape index (κ1) is 17.5. The minimum atomic E-state index is -0.943. The van der Waals surface area contributed by atoms with E-state index in [1.807, 2.05) is 6.92 Å². The molecular formula is C15H25FN2O3. The number of halogens is 1. The van der Waals surface area contributed by atoms with E-state index in [1.165, 1.54) is 12.1 Å². The lowest BCUT2D eigenvalue weighted by atomic mass is 10.0. The van der Waals surface area contributed by atoms with Crippen LogP contribution in [0, 0.1) is 5.82 Å². The molecule has 0 spiro atoms. The maximum atomic E-state index is 13.7. The number of ether oxygens (including phenoxy) is 2. The van der Waals surface area contributed by atoms with Crippen LogP contribution in [0.1, 0.15) is 26.7 Å². The summed E-state index contributed by atoms with van der Waals surface area (Å²) in [4.78, 5) is 0. The molecule has 0 fully saturated rings. The van der Waals surface area contributed by atoms with Crippen molar-refractivity contribution >= 4 is 11.4 Å². The average molecular weight is 300 g/mol. The van der Waals surface area contributed by atoms with Gasteiger partial charge in [-0.25, -0.2) is 4.39 Å². The van der Waals surface area contributed by atoms with E-state index in [-0.39, 0.29) is 18.0 Å². The number of nitrogen functional groups attached to an aromatic ring is 1. The molecule has 4 N–H and O–H groups in total. The predicted molar refractivity (Wildman–Crippen MR) is 82.2 cm³/mol. The normalized spacial score (nSPS) is 13.8. The van der Waals surface area contributed by atoms with E-state index in [0.717, 1.165) is 6.42 Å². The van der Waals surface area contributed by atoms with Crippen molar-refractivity contribution in [2.24, 2.45) is 0 Å². The van der Waals surface area contributed by atoms with Crippen molar-refractivity contribution < 1.29 is 19.0 Å². The summed E-state index contributed by atoms with van der Waals surface area (Å²) in [5, 5.41) is 13.2. The predicted octanol–water partition coefficient (Wildman–Crippen LogP) is 2.40. The maximum Gasteiger partial charge on any atom is 0.167 e. The van der Waals surface area contributed by atoms with Crippen molar-refractivity contribution in [3.8, 4) is 5.75 Å². The Hall–Kier alpha value is -1.53. The Morgan fingerprint density at radius 1 is 1.38 bits per heavy atom. The van der Waals surface area contributed by atoms with E-state index in [9.17, 15) is 9.50 Å². The van der Waals surface area contributed by atoms with Crippen molar-refractivity contribution in [1.29, 1.82) is 0 Å². The number of hydrogen-bond acceptors (Lipinski definition) is 5. The number of aliphatic hydroxyl groups is 1. The Balaban J connectivity index is 2.73. The summed E-state index contributed by atoms with van der Waals surface area (Å²) in [6, 6.07) is 2.74. The second-order valence-electron chi connectivity index (χ2n) is 5.31. The first-order valence-electron chi connectivity index (χ1n) is 7.06. The molecule has 0 amide bonds. The highest BCUT2D eigenvalue weighted by Crippen LogP contribution is 2.29. The zero-order valence-electron chi connectivity index (χ0n) is 12.9. The summed E-state index contributed by atoms with van der Waals surface area (Å²) < 4.78 is 24.0. The molecule has 0 bridgehead atoms. The number of benzene rings is 1. The van der Waals surface area contributed by atoms with Crippen LogP contribution in [0.4, 0.5) is 15.8 Å². The highest BCUT2D eigenvalue weighted by atomic mass is 19.1. The number of hydrogen-bond donors (Lipinski definition) is 3. The van der Waals surface area contributed by atoms with Gasteiger partial charge in [0.05, 0.1) is 23.6 Å². The average Bonchev–Trinajstić information content (AvgIpc) is 2.43. The van der Waals surface area contributed by atoms with Gasteiger partial charge in [0.25, 0.3) is 0 Å². The van der Waals surface area contributed by atoms with Crippen LogP contribution < -0.4 is 15.8 Å². The SMILES string of the molecule is CCCOc1cc(NCC(C)(O)CCOC)c(N)cc1F. The topological polar surface area (TPSA) is 76.7 Å². The largest absolute Gasteiger partial charge is 0.490 e. The molecular weight excluding hydrogens is 275 g/mol. The van der Waals surface area contributed by atoms with Gasteiger partial charge in [-0.1, -0.05) is 6.92 Å². The second kappa shape index (κ2) is 8.05. The van der Waals surface area contributed by atoms with Crippen LogP contribution in [0.3, 0.4) is 0 Å². The molecule has 120 valence electrons. The lowest BCUT2D eigenvalue weighted by Gasteiger charge is -2.24. The minimum absolute atomic E-state index is 0.157. The third kappa shape index (κ3) is 5.77. The van der Waals surface area contributed by atoms with Crippen LogP contribution in [-0.4, -0.2) is 37.6 Å². The minimum Gasteiger partial charge on any atom is -0.490 e. The van der Waals surface area contributed by atoms with E-state index in [4.69, 9.17) is 15.2 Å². The molecule has 0 heterocycles. The van der Waals surface area contributed by atoms with Crippen LogP contribution in [-0.2, 0) is 4.74 Å². The first-order valence-corrected chi connectivity index (χ1v) is 7.06. The lowest BCUT2D eigenvalue weighted by Crippen LogP contribution is -2.34. The third-order valence-electron chi connectivity index (χ3n) is 3.07. The van der Waals surface area contributed by atoms with Gasteiger partial charge in [-0.15, -0.1) is 0 Å². The van der Waals surface area contributed by atoms with Crippen molar-refractivity contribution in [3.05, 3.63) is 17.9 Å². The summed E-state index contributed by atoms with van der Waals surface area (Å²) in [6.07, 6.45) is 1.27. The fraction of sp³-hybridized carbons (Fsp3) is 0.600. The van der Waals surface area contributed by atoms with Crippen molar-refractivity contribution in [2.75, 3.05) is 37.9 Å². The van der Waals surface area contributed by atoms with Crippen LogP contribution in [0.25, 0.3) is 0 Å². The van der Waals surface area contributed by atoms with E-state index in [1.54, 1.807) is 14.0 Å². The van der Waals surface area contributed by atoms with E-state index < -0.39 is 11.4 Å². The molecule has 1 unspecified atom stereocenters. The number of nitrogens with two attached hydrogens (primary N) is 1. The number of rotatable bonds is 9. The summed E-state index contributed by atoms with van der Waals surface area (Å²) in [5.41, 5.74) is 5.66. The zero-order chi connectivity index (χ0) is 15.9. The molecule has 1 aromatic rings. The van der Waals surface area contributed by atoms with Gasteiger partial charge in [0.1, 0.15) is 0 Å². The summed E-state index contributed by atoms with van der Waals surface area (Å²) >= 11 is 0. The highest BCUT2D eigenvalue weighted by Gasteiger charge is 2.20. The van der Waals surface area contributed by atoms with Gasteiger partial charge in [-0.2, -0.15) is 0 Å². The van der Waals surface area contributed by atoms with Gasteiger partial charge in [-0.3, -0.25) is 0 Å². The Morgan fingerprint density at radius 2 is 2.10 bits per heavy atom. The molecule has 0 saturated heterocycles. The Labute approximate surface area is 125 Å².